The molecule has 0 radical (unpaired) electrons. The molecule has 166 valence electrons. The maximum absolute atomic E-state index is 13.0. The fourth-order valence-electron chi connectivity index (χ4n) is 4.17. The first-order chi connectivity index (χ1) is 15.3. The van der Waals surface area contributed by atoms with E-state index in [9.17, 15) is 4.79 Å². The summed E-state index contributed by atoms with van der Waals surface area (Å²) in [6, 6.07) is 17.9. The molecule has 2 N–H and O–H groups in total. The molecule has 1 aliphatic heterocycles. The molecule has 7 heteroatoms. The third-order valence-electron chi connectivity index (χ3n) is 5.76. The SMILES string of the molecule is Cc1cc(C)n(Cc2cccc(C(N)=NOC(C)C(=O)N3c4ccccc4CC3C)c2)n1. The third kappa shape index (κ3) is 4.37. The van der Waals surface area contributed by atoms with Gasteiger partial charge in [0.2, 0.25) is 6.10 Å². The van der Waals surface area contributed by atoms with E-state index in [2.05, 4.69) is 16.3 Å². The average Bonchev–Trinajstić information content (AvgIpc) is 3.28. The lowest BCUT2D eigenvalue weighted by molar-refractivity contribution is -0.129. The molecule has 0 saturated heterocycles. The van der Waals surface area contributed by atoms with Crippen LogP contribution in [0.1, 0.15) is 41.9 Å². The Labute approximate surface area is 188 Å². The lowest BCUT2D eigenvalue weighted by atomic mass is 10.1. The van der Waals surface area contributed by atoms with Gasteiger partial charge in [-0.05, 0) is 63.4 Å². The van der Waals surface area contributed by atoms with Gasteiger partial charge in [-0.2, -0.15) is 5.10 Å². The number of aryl methyl sites for hydroxylation is 2. The van der Waals surface area contributed by atoms with Crippen LogP contribution in [-0.2, 0) is 22.6 Å². The molecular formula is C25H29N5O2. The van der Waals surface area contributed by atoms with Crippen LogP contribution in [0.3, 0.4) is 0 Å². The molecule has 2 unspecified atom stereocenters. The summed E-state index contributed by atoms with van der Waals surface area (Å²) in [7, 11) is 0. The predicted octanol–water partition coefficient (Wildman–Crippen LogP) is 3.55. The van der Waals surface area contributed by atoms with Gasteiger partial charge in [-0.15, -0.1) is 0 Å². The number of fused-ring (bicyclic) bond motifs is 1. The first-order valence-electron chi connectivity index (χ1n) is 10.8. The average molecular weight is 432 g/mol. The topological polar surface area (TPSA) is 85.7 Å². The number of anilines is 1. The molecule has 2 aromatic carbocycles. The maximum atomic E-state index is 13.0. The van der Waals surface area contributed by atoms with Crippen molar-refractivity contribution in [1.82, 2.24) is 9.78 Å². The Morgan fingerprint density at radius 2 is 2.00 bits per heavy atom. The summed E-state index contributed by atoms with van der Waals surface area (Å²) in [6.45, 7) is 8.39. The van der Waals surface area contributed by atoms with E-state index in [1.54, 1.807) is 11.8 Å². The van der Waals surface area contributed by atoms with Crippen molar-refractivity contribution in [2.45, 2.75) is 52.8 Å². The summed E-state index contributed by atoms with van der Waals surface area (Å²) in [5.41, 5.74) is 12.2. The second kappa shape index (κ2) is 8.86. The number of aromatic nitrogens is 2. The predicted molar refractivity (Wildman–Crippen MR) is 126 cm³/mol. The second-order valence-electron chi connectivity index (χ2n) is 8.40. The van der Waals surface area contributed by atoms with Crippen molar-refractivity contribution >= 4 is 17.4 Å². The summed E-state index contributed by atoms with van der Waals surface area (Å²) in [6.07, 6.45) is 0.0854. The number of oxime groups is 1. The van der Waals surface area contributed by atoms with Crippen LogP contribution in [0.25, 0.3) is 0 Å². The number of amidine groups is 1. The van der Waals surface area contributed by atoms with Crippen LogP contribution < -0.4 is 10.6 Å². The summed E-state index contributed by atoms with van der Waals surface area (Å²) in [4.78, 5) is 20.4. The van der Waals surface area contributed by atoms with Crippen molar-refractivity contribution in [3.05, 3.63) is 82.7 Å². The molecule has 4 rings (SSSR count). The largest absolute Gasteiger partial charge is 0.381 e. The highest BCUT2D eigenvalue weighted by Crippen LogP contribution is 2.32. The Balaban J connectivity index is 1.44. The van der Waals surface area contributed by atoms with Gasteiger partial charge in [0.25, 0.3) is 5.91 Å². The fraction of sp³-hybridized carbons (Fsp3) is 0.320. The van der Waals surface area contributed by atoms with Crippen LogP contribution in [0.5, 0.6) is 0 Å². The van der Waals surface area contributed by atoms with E-state index in [1.807, 2.05) is 74.0 Å². The minimum atomic E-state index is -0.750. The number of hydrogen-bond acceptors (Lipinski definition) is 4. The zero-order valence-corrected chi connectivity index (χ0v) is 18.9. The quantitative estimate of drug-likeness (QED) is 0.367. The van der Waals surface area contributed by atoms with Crippen molar-refractivity contribution in [1.29, 1.82) is 0 Å². The van der Waals surface area contributed by atoms with E-state index >= 15 is 0 Å². The lowest BCUT2D eigenvalue weighted by Crippen LogP contribution is -2.42. The van der Waals surface area contributed by atoms with Crippen LogP contribution in [0.2, 0.25) is 0 Å². The third-order valence-corrected chi connectivity index (χ3v) is 5.76. The molecule has 0 bridgehead atoms. The van der Waals surface area contributed by atoms with Gasteiger partial charge in [-0.25, -0.2) is 0 Å². The van der Waals surface area contributed by atoms with E-state index in [0.717, 1.165) is 34.6 Å². The number of nitrogens with zero attached hydrogens (tertiary/aromatic N) is 4. The van der Waals surface area contributed by atoms with Gasteiger partial charge in [0.1, 0.15) is 0 Å². The van der Waals surface area contributed by atoms with Crippen molar-refractivity contribution in [2.24, 2.45) is 10.9 Å². The van der Waals surface area contributed by atoms with Crippen molar-refractivity contribution < 1.29 is 9.63 Å². The Hall–Kier alpha value is -3.61. The Morgan fingerprint density at radius 1 is 1.22 bits per heavy atom. The zero-order chi connectivity index (χ0) is 22.8. The molecule has 3 aromatic rings. The standard InChI is InChI=1S/C25H29N5O2/c1-16-12-17(2)29(27-16)15-20-8-7-10-22(14-20)24(26)28-32-19(4)25(31)30-18(3)13-21-9-5-6-11-23(21)30/h5-12,14,18-19H,13,15H2,1-4H3,(H2,26,28). The van der Waals surface area contributed by atoms with Crippen LogP contribution in [-0.4, -0.2) is 33.7 Å². The van der Waals surface area contributed by atoms with Gasteiger partial charge in [-0.1, -0.05) is 41.6 Å². The minimum Gasteiger partial charge on any atom is -0.381 e. The summed E-state index contributed by atoms with van der Waals surface area (Å²) in [5.74, 6) is 0.104. The Morgan fingerprint density at radius 3 is 2.75 bits per heavy atom. The van der Waals surface area contributed by atoms with Gasteiger partial charge in [0.15, 0.2) is 5.84 Å². The Kier molecular flexibility index (Phi) is 5.99. The first-order valence-corrected chi connectivity index (χ1v) is 10.8. The van der Waals surface area contributed by atoms with E-state index in [1.165, 1.54) is 5.56 Å². The van der Waals surface area contributed by atoms with Crippen LogP contribution in [0, 0.1) is 13.8 Å². The van der Waals surface area contributed by atoms with E-state index in [0.29, 0.717) is 6.54 Å². The van der Waals surface area contributed by atoms with Crippen molar-refractivity contribution in [3.8, 4) is 0 Å². The normalized spacial score (nSPS) is 16.7. The molecule has 0 fully saturated rings. The van der Waals surface area contributed by atoms with Gasteiger partial charge >= 0.3 is 0 Å². The number of para-hydroxylation sites is 1. The number of amides is 1. The van der Waals surface area contributed by atoms with Crippen LogP contribution >= 0.6 is 0 Å². The highest BCUT2D eigenvalue weighted by atomic mass is 16.6. The number of carbonyl (C=O) groups is 1. The molecule has 7 nitrogen and oxygen atoms in total. The van der Waals surface area contributed by atoms with Crippen LogP contribution in [0.15, 0.2) is 59.8 Å². The lowest BCUT2D eigenvalue weighted by Gasteiger charge is -2.25. The zero-order valence-electron chi connectivity index (χ0n) is 18.9. The number of carbonyl (C=O) groups excluding carboxylic acids is 1. The van der Waals surface area contributed by atoms with Crippen molar-refractivity contribution in [2.75, 3.05) is 4.90 Å². The second-order valence-corrected chi connectivity index (χ2v) is 8.40. The molecule has 0 saturated carbocycles. The highest BCUT2D eigenvalue weighted by Gasteiger charge is 2.34. The molecular weight excluding hydrogens is 402 g/mol. The smallest absolute Gasteiger partial charge is 0.270 e. The van der Waals surface area contributed by atoms with Crippen LogP contribution in [0.4, 0.5) is 5.69 Å². The fourth-order valence-corrected chi connectivity index (χ4v) is 4.17. The number of nitrogens with two attached hydrogens (primary N) is 1. The van der Waals surface area contributed by atoms with Gasteiger partial charge in [0.05, 0.1) is 12.2 Å². The molecule has 1 aliphatic rings. The van der Waals surface area contributed by atoms with Gasteiger partial charge in [-0.3, -0.25) is 9.48 Å². The maximum Gasteiger partial charge on any atom is 0.270 e. The summed E-state index contributed by atoms with van der Waals surface area (Å²) >= 11 is 0. The monoisotopic (exact) mass is 431 g/mol. The molecule has 2 atom stereocenters. The van der Waals surface area contributed by atoms with E-state index < -0.39 is 6.10 Å². The molecule has 2 heterocycles. The molecule has 1 amide bonds. The van der Waals surface area contributed by atoms with Crippen molar-refractivity contribution in [3.63, 3.8) is 0 Å². The van der Waals surface area contributed by atoms with E-state index in [-0.39, 0.29) is 17.8 Å². The molecule has 0 aliphatic carbocycles. The number of rotatable bonds is 6. The number of hydrogen-bond donors (Lipinski definition) is 1. The molecule has 0 spiro atoms. The first kappa shape index (κ1) is 21.6. The molecule has 1 aromatic heterocycles. The van der Waals surface area contributed by atoms with Gasteiger partial charge < -0.3 is 15.5 Å². The van der Waals surface area contributed by atoms with E-state index in [4.69, 9.17) is 10.6 Å². The highest BCUT2D eigenvalue weighted by molar-refractivity contribution is 5.99. The number of benzene rings is 2. The molecule has 32 heavy (non-hydrogen) atoms. The Bertz CT molecular complexity index is 1170. The van der Waals surface area contributed by atoms with Gasteiger partial charge in [0, 0.05) is 23.0 Å². The summed E-state index contributed by atoms with van der Waals surface area (Å²) in [5, 5.41) is 8.57. The summed E-state index contributed by atoms with van der Waals surface area (Å²) < 4.78 is 1.95. The minimum absolute atomic E-state index is 0.0818.